The van der Waals surface area contributed by atoms with E-state index in [1.54, 1.807) is 6.07 Å². The van der Waals surface area contributed by atoms with E-state index in [1.165, 1.54) is 31.0 Å². The number of nitro benzene ring substituents is 1. The van der Waals surface area contributed by atoms with Crippen LogP contribution in [0.3, 0.4) is 0 Å². The van der Waals surface area contributed by atoms with E-state index in [0.29, 0.717) is 16.3 Å². The summed E-state index contributed by atoms with van der Waals surface area (Å²) in [6.45, 7) is 3.83. The Morgan fingerprint density at radius 2 is 1.96 bits per heavy atom. The molecule has 1 amide bonds. The van der Waals surface area contributed by atoms with Crippen LogP contribution in [0.25, 0.3) is 0 Å². The number of ether oxygens (including phenoxy) is 1. The Morgan fingerprint density at radius 3 is 2.50 bits per heavy atom. The number of rotatable bonds is 5. The first kappa shape index (κ1) is 17.8. The van der Waals surface area contributed by atoms with Crippen molar-refractivity contribution >= 4 is 29.0 Å². The molecule has 0 fully saturated rings. The normalized spacial score (nSPS) is 10.3. The second kappa shape index (κ2) is 7.35. The van der Waals surface area contributed by atoms with Gasteiger partial charge in [-0.05, 0) is 37.8 Å². The number of carbonyl (C=O) groups is 1. The second-order valence-electron chi connectivity index (χ2n) is 5.25. The van der Waals surface area contributed by atoms with E-state index in [4.69, 9.17) is 4.74 Å². The van der Waals surface area contributed by atoms with Gasteiger partial charge in [-0.1, -0.05) is 17.7 Å². The van der Waals surface area contributed by atoms with Gasteiger partial charge in [0.05, 0.1) is 23.0 Å². The van der Waals surface area contributed by atoms with Crippen molar-refractivity contribution in [2.45, 2.75) is 18.7 Å². The lowest BCUT2D eigenvalue weighted by Crippen LogP contribution is -2.15. The smallest absolute Gasteiger partial charge is 0.285 e. The summed E-state index contributed by atoms with van der Waals surface area (Å²) in [4.78, 5) is 24.0. The molecule has 1 N–H and O–H groups in total. The molecule has 0 aliphatic rings. The minimum atomic E-state index is -0.580. The fourth-order valence-electron chi connectivity index (χ4n) is 2.34. The SMILES string of the molecule is COc1cc([N+](=O)[O-])c(C(=O)Nc2ccc(C)cc2C)cc1SC. The maximum Gasteiger partial charge on any atom is 0.285 e. The predicted octanol–water partition coefficient (Wildman–Crippen LogP) is 4.19. The molecule has 0 saturated carbocycles. The third kappa shape index (κ3) is 3.68. The zero-order valence-electron chi connectivity index (χ0n) is 13.9. The molecular formula is C17H18N2O4S. The lowest BCUT2D eigenvalue weighted by Gasteiger charge is -2.12. The first-order chi connectivity index (χ1) is 11.4. The molecule has 24 heavy (non-hydrogen) atoms. The topological polar surface area (TPSA) is 81.5 Å². The standard InChI is InChI=1S/C17H18N2O4S/c1-10-5-6-13(11(2)7-10)18-17(20)12-8-16(24-4)15(23-3)9-14(12)19(21)22/h5-9H,1-4H3,(H,18,20). The minimum Gasteiger partial charge on any atom is -0.495 e. The number of nitrogens with one attached hydrogen (secondary N) is 1. The summed E-state index contributed by atoms with van der Waals surface area (Å²) < 4.78 is 5.16. The number of carbonyl (C=O) groups excluding carboxylic acids is 1. The summed E-state index contributed by atoms with van der Waals surface area (Å²) in [5, 5.41) is 14.1. The molecule has 0 saturated heterocycles. The van der Waals surface area contributed by atoms with Crippen molar-refractivity contribution in [1.29, 1.82) is 0 Å². The molecule has 6 nitrogen and oxygen atoms in total. The zero-order valence-corrected chi connectivity index (χ0v) is 14.7. The van der Waals surface area contributed by atoms with Crippen LogP contribution in [-0.2, 0) is 0 Å². The highest BCUT2D eigenvalue weighted by atomic mass is 32.2. The van der Waals surface area contributed by atoms with Crippen LogP contribution >= 0.6 is 11.8 Å². The molecule has 0 atom stereocenters. The van der Waals surface area contributed by atoms with Crippen molar-refractivity contribution in [2.24, 2.45) is 0 Å². The van der Waals surface area contributed by atoms with Crippen LogP contribution in [0.15, 0.2) is 35.2 Å². The molecule has 0 aromatic heterocycles. The molecule has 0 bridgehead atoms. The van der Waals surface area contributed by atoms with Gasteiger partial charge in [-0.2, -0.15) is 0 Å². The minimum absolute atomic E-state index is 0.00475. The number of aryl methyl sites for hydroxylation is 2. The maximum atomic E-state index is 12.6. The number of hydrogen-bond donors (Lipinski definition) is 1. The number of nitrogens with zero attached hydrogens (tertiary/aromatic N) is 1. The Morgan fingerprint density at radius 1 is 1.25 bits per heavy atom. The molecule has 2 rings (SSSR count). The molecular weight excluding hydrogens is 328 g/mol. The molecule has 0 spiro atoms. The number of methoxy groups -OCH3 is 1. The first-order valence-corrected chi connectivity index (χ1v) is 8.39. The quantitative estimate of drug-likeness (QED) is 0.498. The van der Waals surface area contributed by atoms with Crippen molar-refractivity contribution in [2.75, 3.05) is 18.7 Å². The number of nitro groups is 1. The predicted molar refractivity (Wildman–Crippen MR) is 95.3 cm³/mol. The fourth-order valence-corrected chi connectivity index (χ4v) is 2.92. The average molecular weight is 346 g/mol. The van der Waals surface area contributed by atoms with E-state index in [0.717, 1.165) is 11.1 Å². The summed E-state index contributed by atoms with van der Waals surface area (Å²) in [5.74, 6) is -0.149. The van der Waals surface area contributed by atoms with Crippen molar-refractivity contribution in [3.63, 3.8) is 0 Å². The number of benzene rings is 2. The van der Waals surface area contributed by atoms with E-state index in [1.807, 2.05) is 32.2 Å². The Bertz CT molecular complexity index is 805. The van der Waals surface area contributed by atoms with Gasteiger partial charge in [-0.25, -0.2) is 0 Å². The molecule has 0 heterocycles. The van der Waals surface area contributed by atoms with E-state index in [9.17, 15) is 14.9 Å². The van der Waals surface area contributed by atoms with Crippen LogP contribution in [-0.4, -0.2) is 24.2 Å². The van der Waals surface area contributed by atoms with Gasteiger partial charge in [0.2, 0.25) is 0 Å². The highest BCUT2D eigenvalue weighted by Crippen LogP contribution is 2.34. The van der Waals surface area contributed by atoms with E-state index in [2.05, 4.69) is 5.32 Å². The van der Waals surface area contributed by atoms with Crippen molar-refractivity contribution in [3.05, 3.63) is 57.1 Å². The lowest BCUT2D eigenvalue weighted by atomic mass is 10.1. The molecule has 7 heteroatoms. The van der Waals surface area contributed by atoms with Crippen molar-refractivity contribution in [1.82, 2.24) is 0 Å². The highest BCUT2D eigenvalue weighted by molar-refractivity contribution is 7.98. The molecule has 2 aromatic rings. The van der Waals surface area contributed by atoms with Gasteiger partial charge in [-0.3, -0.25) is 14.9 Å². The molecule has 0 radical (unpaired) electrons. The van der Waals surface area contributed by atoms with Gasteiger partial charge in [-0.15, -0.1) is 11.8 Å². The molecule has 0 aliphatic heterocycles. The van der Waals surface area contributed by atoms with Gasteiger partial charge in [0.1, 0.15) is 11.3 Å². The average Bonchev–Trinajstić information content (AvgIpc) is 2.55. The van der Waals surface area contributed by atoms with Crippen LogP contribution in [0.1, 0.15) is 21.5 Å². The molecule has 2 aromatic carbocycles. The largest absolute Gasteiger partial charge is 0.495 e. The maximum absolute atomic E-state index is 12.6. The van der Waals surface area contributed by atoms with Crippen LogP contribution in [0.5, 0.6) is 5.75 Å². The molecule has 126 valence electrons. The van der Waals surface area contributed by atoms with Crippen LogP contribution in [0.4, 0.5) is 11.4 Å². The van der Waals surface area contributed by atoms with Crippen molar-refractivity contribution < 1.29 is 14.5 Å². The Labute approximate surface area is 144 Å². The van der Waals surface area contributed by atoms with Crippen LogP contribution in [0.2, 0.25) is 0 Å². The first-order valence-electron chi connectivity index (χ1n) is 7.16. The number of amides is 1. The second-order valence-corrected chi connectivity index (χ2v) is 6.10. The summed E-state index contributed by atoms with van der Waals surface area (Å²) in [6.07, 6.45) is 1.81. The molecule has 0 aliphatic carbocycles. The zero-order chi connectivity index (χ0) is 17.9. The number of hydrogen-bond acceptors (Lipinski definition) is 5. The molecule has 0 unspecified atom stereocenters. The summed E-state index contributed by atoms with van der Waals surface area (Å²) >= 11 is 1.36. The summed E-state index contributed by atoms with van der Waals surface area (Å²) in [6, 6.07) is 8.36. The number of thioether (sulfide) groups is 1. The third-order valence-electron chi connectivity index (χ3n) is 3.57. The monoisotopic (exact) mass is 346 g/mol. The van der Waals surface area contributed by atoms with E-state index < -0.39 is 10.8 Å². The van der Waals surface area contributed by atoms with Gasteiger partial charge >= 0.3 is 0 Å². The van der Waals surface area contributed by atoms with Gasteiger partial charge in [0.15, 0.2) is 0 Å². The van der Waals surface area contributed by atoms with E-state index >= 15 is 0 Å². The Balaban J connectivity index is 2.45. The summed E-state index contributed by atoms with van der Waals surface area (Å²) in [5.41, 5.74) is 2.31. The van der Waals surface area contributed by atoms with E-state index in [-0.39, 0.29) is 11.3 Å². The van der Waals surface area contributed by atoms with Crippen LogP contribution in [0, 0.1) is 24.0 Å². The third-order valence-corrected chi connectivity index (χ3v) is 4.33. The van der Waals surface area contributed by atoms with Gasteiger partial charge in [0, 0.05) is 5.69 Å². The van der Waals surface area contributed by atoms with Gasteiger partial charge in [0.25, 0.3) is 11.6 Å². The van der Waals surface area contributed by atoms with Crippen molar-refractivity contribution in [3.8, 4) is 5.75 Å². The Kier molecular flexibility index (Phi) is 5.46. The number of anilines is 1. The summed E-state index contributed by atoms with van der Waals surface area (Å²) in [7, 11) is 1.44. The fraction of sp³-hybridized carbons (Fsp3) is 0.235. The highest BCUT2D eigenvalue weighted by Gasteiger charge is 2.24. The van der Waals surface area contributed by atoms with Gasteiger partial charge < -0.3 is 10.1 Å². The van der Waals surface area contributed by atoms with Crippen LogP contribution < -0.4 is 10.1 Å². The Hall–Kier alpha value is -2.54. The lowest BCUT2D eigenvalue weighted by molar-refractivity contribution is -0.385.